The third kappa shape index (κ3) is 4.51. The molecule has 0 amide bonds. The second kappa shape index (κ2) is 6.91. The van der Waals surface area contributed by atoms with Crippen molar-refractivity contribution < 1.29 is 9.18 Å². The summed E-state index contributed by atoms with van der Waals surface area (Å²) >= 11 is 4.54. The van der Waals surface area contributed by atoms with Gasteiger partial charge < -0.3 is 5.32 Å². The lowest BCUT2D eigenvalue weighted by atomic mass is 10.1. The lowest BCUT2D eigenvalue weighted by Gasteiger charge is -2.17. The Morgan fingerprint density at radius 3 is 2.79 bits per heavy atom. The van der Waals surface area contributed by atoms with Gasteiger partial charge in [-0.05, 0) is 49.0 Å². The molecule has 0 bridgehead atoms. The number of hydrogen-bond acceptors (Lipinski definition) is 3. The number of thioether (sulfide) groups is 1. The maximum Gasteiger partial charge on any atom is 0.193 e. The number of dihydropyridines is 1. The van der Waals surface area contributed by atoms with Crippen LogP contribution in [0.2, 0.25) is 0 Å². The fraction of sp³-hybridized carbons (Fsp3) is 0.214. The summed E-state index contributed by atoms with van der Waals surface area (Å²) in [5, 5.41) is 2.95. The van der Waals surface area contributed by atoms with Gasteiger partial charge in [-0.3, -0.25) is 4.79 Å². The molecule has 1 unspecified atom stereocenters. The highest BCUT2D eigenvalue weighted by Crippen LogP contribution is 2.24. The molecule has 5 heteroatoms. The molecular weight excluding hydrogens is 329 g/mol. The zero-order valence-electron chi connectivity index (χ0n) is 10.1. The Morgan fingerprint density at radius 2 is 2.11 bits per heavy atom. The monoisotopic (exact) mass is 341 g/mol. The van der Waals surface area contributed by atoms with Crippen LogP contribution in [0.3, 0.4) is 0 Å². The molecule has 0 aliphatic carbocycles. The van der Waals surface area contributed by atoms with E-state index in [-0.39, 0.29) is 17.0 Å². The van der Waals surface area contributed by atoms with E-state index in [4.69, 9.17) is 0 Å². The standard InChI is InChI=1S/C14H13BrFNOS/c15-10-3-5-11(6-4-10)19-14(18)8-7-13-12(16)2-1-9-17-13/h1-6,9,13,17H,7-8H2. The number of carbonyl (C=O) groups is 1. The maximum absolute atomic E-state index is 13.4. The van der Waals surface area contributed by atoms with Gasteiger partial charge in [0.1, 0.15) is 5.83 Å². The van der Waals surface area contributed by atoms with Crippen LogP contribution < -0.4 is 5.32 Å². The smallest absolute Gasteiger partial charge is 0.193 e. The molecule has 1 aromatic rings. The normalized spacial score (nSPS) is 17.8. The minimum atomic E-state index is -0.375. The molecular formula is C14H13BrFNOS. The predicted octanol–water partition coefficient (Wildman–Crippen LogP) is 4.19. The molecule has 1 N–H and O–H groups in total. The van der Waals surface area contributed by atoms with Crippen LogP contribution >= 0.6 is 27.7 Å². The summed E-state index contributed by atoms with van der Waals surface area (Å²) in [5.41, 5.74) is 0. The van der Waals surface area contributed by atoms with Crippen LogP contribution in [0.5, 0.6) is 0 Å². The van der Waals surface area contributed by atoms with Crippen molar-refractivity contribution >= 4 is 32.8 Å². The van der Waals surface area contributed by atoms with E-state index in [2.05, 4.69) is 21.2 Å². The molecule has 0 fully saturated rings. The van der Waals surface area contributed by atoms with Gasteiger partial charge in [0, 0.05) is 15.8 Å². The minimum Gasteiger partial charge on any atom is -0.382 e. The van der Waals surface area contributed by atoms with Gasteiger partial charge in [-0.15, -0.1) is 0 Å². The van der Waals surface area contributed by atoms with Crippen LogP contribution in [-0.4, -0.2) is 11.2 Å². The molecule has 2 nitrogen and oxygen atoms in total. The predicted molar refractivity (Wildman–Crippen MR) is 79.5 cm³/mol. The van der Waals surface area contributed by atoms with Gasteiger partial charge in [-0.25, -0.2) is 4.39 Å². The van der Waals surface area contributed by atoms with Crippen LogP contribution in [-0.2, 0) is 4.79 Å². The van der Waals surface area contributed by atoms with E-state index in [0.29, 0.717) is 12.8 Å². The summed E-state index contributed by atoms with van der Waals surface area (Å²) < 4.78 is 14.4. The molecule has 2 rings (SSSR count). The van der Waals surface area contributed by atoms with Crippen LogP contribution in [0, 0.1) is 0 Å². The Bertz CT molecular complexity index is 513. The van der Waals surface area contributed by atoms with Gasteiger partial charge in [0.2, 0.25) is 0 Å². The van der Waals surface area contributed by atoms with Crippen LogP contribution in [0.4, 0.5) is 4.39 Å². The zero-order chi connectivity index (χ0) is 13.7. The average Bonchev–Trinajstić information content (AvgIpc) is 2.40. The van der Waals surface area contributed by atoms with Gasteiger partial charge in [0.15, 0.2) is 5.12 Å². The van der Waals surface area contributed by atoms with Gasteiger partial charge in [-0.2, -0.15) is 0 Å². The second-order valence-corrected chi connectivity index (χ2v) is 6.14. The van der Waals surface area contributed by atoms with Crippen molar-refractivity contribution in [3.63, 3.8) is 0 Å². The fourth-order valence-electron chi connectivity index (χ4n) is 1.68. The molecule has 100 valence electrons. The summed E-state index contributed by atoms with van der Waals surface area (Å²) in [4.78, 5) is 12.7. The van der Waals surface area contributed by atoms with E-state index in [0.717, 1.165) is 9.37 Å². The van der Waals surface area contributed by atoms with Crippen molar-refractivity contribution in [1.29, 1.82) is 0 Å². The van der Waals surface area contributed by atoms with Gasteiger partial charge in [0.05, 0.1) is 6.04 Å². The van der Waals surface area contributed by atoms with E-state index < -0.39 is 0 Å². The first kappa shape index (κ1) is 14.3. The van der Waals surface area contributed by atoms with Gasteiger partial charge in [-0.1, -0.05) is 27.7 Å². The molecule has 19 heavy (non-hydrogen) atoms. The molecule has 0 spiro atoms. The summed E-state index contributed by atoms with van der Waals surface area (Å²) in [6.07, 6.45) is 5.54. The Labute approximate surface area is 124 Å². The first-order valence-corrected chi connectivity index (χ1v) is 7.50. The van der Waals surface area contributed by atoms with Gasteiger partial charge >= 0.3 is 0 Å². The highest BCUT2D eigenvalue weighted by molar-refractivity contribution is 9.10. The van der Waals surface area contributed by atoms with Crippen molar-refractivity contribution in [2.45, 2.75) is 23.8 Å². The van der Waals surface area contributed by atoms with Crippen LogP contribution in [0.15, 0.2) is 57.8 Å². The molecule has 1 aromatic carbocycles. The molecule has 0 aromatic heterocycles. The van der Waals surface area contributed by atoms with Crippen LogP contribution in [0.25, 0.3) is 0 Å². The Kier molecular flexibility index (Phi) is 5.22. The largest absolute Gasteiger partial charge is 0.382 e. The molecule has 0 saturated carbocycles. The quantitative estimate of drug-likeness (QED) is 0.832. The fourth-order valence-corrected chi connectivity index (χ4v) is 2.70. The second-order valence-electron chi connectivity index (χ2n) is 4.10. The number of nitrogens with one attached hydrogen (secondary N) is 1. The molecule has 1 atom stereocenters. The zero-order valence-corrected chi connectivity index (χ0v) is 12.5. The number of halogens is 2. The third-order valence-electron chi connectivity index (χ3n) is 2.66. The topological polar surface area (TPSA) is 29.1 Å². The van der Waals surface area contributed by atoms with Crippen molar-refractivity contribution in [3.8, 4) is 0 Å². The minimum absolute atomic E-state index is 0.0477. The molecule has 1 aliphatic heterocycles. The van der Waals surface area contributed by atoms with E-state index in [1.807, 2.05) is 24.3 Å². The van der Waals surface area contributed by atoms with E-state index in [1.165, 1.54) is 17.8 Å². The van der Waals surface area contributed by atoms with E-state index >= 15 is 0 Å². The van der Waals surface area contributed by atoms with Crippen molar-refractivity contribution in [2.75, 3.05) is 0 Å². The van der Waals surface area contributed by atoms with Crippen molar-refractivity contribution in [2.24, 2.45) is 0 Å². The maximum atomic E-state index is 13.4. The first-order valence-electron chi connectivity index (χ1n) is 5.89. The van der Waals surface area contributed by atoms with Crippen molar-refractivity contribution in [1.82, 2.24) is 5.32 Å². The van der Waals surface area contributed by atoms with E-state index in [9.17, 15) is 9.18 Å². The lowest BCUT2D eigenvalue weighted by molar-refractivity contribution is -0.111. The summed E-state index contributed by atoms with van der Waals surface area (Å²) in [5.74, 6) is -0.219. The third-order valence-corrected chi connectivity index (χ3v) is 4.13. The Balaban J connectivity index is 1.80. The molecule has 1 heterocycles. The number of rotatable bonds is 4. The summed E-state index contributed by atoms with van der Waals surface area (Å²) in [7, 11) is 0. The number of hydrogen-bond donors (Lipinski definition) is 1. The Morgan fingerprint density at radius 1 is 1.37 bits per heavy atom. The number of benzene rings is 1. The Hall–Kier alpha value is -1.07. The molecule has 1 aliphatic rings. The molecule has 0 saturated heterocycles. The number of carbonyl (C=O) groups excluding carboxylic acids is 1. The van der Waals surface area contributed by atoms with Gasteiger partial charge in [0.25, 0.3) is 0 Å². The highest BCUT2D eigenvalue weighted by atomic mass is 79.9. The summed E-state index contributed by atoms with van der Waals surface area (Å²) in [6.45, 7) is 0. The molecule has 0 radical (unpaired) electrons. The number of allylic oxidation sites excluding steroid dienone is 2. The SMILES string of the molecule is O=C(CCC1NC=CC=C1F)Sc1ccc(Br)cc1. The lowest BCUT2D eigenvalue weighted by Crippen LogP contribution is -2.27. The highest BCUT2D eigenvalue weighted by Gasteiger charge is 2.16. The summed E-state index contributed by atoms with van der Waals surface area (Å²) in [6, 6.07) is 7.18. The first-order chi connectivity index (χ1) is 9.15. The van der Waals surface area contributed by atoms with E-state index in [1.54, 1.807) is 12.3 Å². The van der Waals surface area contributed by atoms with Crippen LogP contribution in [0.1, 0.15) is 12.8 Å². The average molecular weight is 342 g/mol. The van der Waals surface area contributed by atoms with Crippen molar-refractivity contribution in [3.05, 3.63) is 52.9 Å².